The van der Waals surface area contributed by atoms with E-state index in [-0.39, 0.29) is 18.3 Å². The third-order valence-electron chi connectivity index (χ3n) is 6.01. The van der Waals surface area contributed by atoms with Crippen LogP contribution in [0.4, 0.5) is 5.00 Å². The Labute approximate surface area is 208 Å². The molecule has 174 valence electrons. The Hall–Kier alpha value is -3.19. The second-order valence-corrected chi connectivity index (χ2v) is 9.27. The molecule has 0 fully saturated rings. The number of hydrogen-bond acceptors (Lipinski definition) is 5. The molecule has 1 aliphatic rings. The second-order valence-electron chi connectivity index (χ2n) is 8.16. The molecule has 4 aromatic rings. The number of carbonyl (C=O) groups excluding carboxylic acids is 2. The van der Waals surface area contributed by atoms with E-state index in [0.29, 0.717) is 16.1 Å². The van der Waals surface area contributed by atoms with Crippen LogP contribution in [0.5, 0.6) is 0 Å². The summed E-state index contributed by atoms with van der Waals surface area (Å²) in [4.78, 5) is 29.2. The van der Waals surface area contributed by atoms with Crippen molar-refractivity contribution in [2.24, 2.45) is 0 Å². The Morgan fingerprint density at radius 2 is 1.74 bits per heavy atom. The Morgan fingerprint density at radius 3 is 2.50 bits per heavy atom. The number of hydrogen-bond donors (Lipinski definition) is 1. The number of anilines is 1. The van der Waals surface area contributed by atoms with Crippen molar-refractivity contribution in [3.05, 3.63) is 99.9 Å². The number of benzene rings is 3. The first-order valence-electron chi connectivity index (χ1n) is 10.9. The zero-order valence-corrected chi connectivity index (χ0v) is 20.4. The summed E-state index contributed by atoms with van der Waals surface area (Å²) in [5, 5.41) is 5.63. The fraction of sp³-hybridized carbons (Fsp3) is 0.185. The average Bonchev–Trinajstić information content (AvgIpc) is 3.20. The Morgan fingerprint density at radius 1 is 1.00 bits per heavy atom. The molecule has 0 bridgehead atoms. The first-order valence-corrected chi connectivity index (χ1v) is 11.7. The van der Waals surface area contributed by atoms with Crippen LogP contribution in [0, 0.1) is 0 Å². The standard InChI is InChI=1S/C27H24N2O3S.ClH/c1-32-27(31)24-22-13-14-29(16-18-7-3-2-4-8-18)17-23(22)33-26(24)28-25(30)21-12-11-19-9-5-6-10-20(19)15-21;/h2-12,15H,13-14,16-17H2,1H3,(H,28,30);1H. The monoisotopic (exact) mass is 492 g/mol. The van der Waals surface area contributed by atoms with Crippen molar-refractivity contribution in [2.45, 2.75) is 19.5 Å². The highest BCUT2D eigenvalue weighted by molar-refractivity contribution is 7.17. The number of amides is 1. The highest BCUT2D eigenvalue weighted by Crippen LogP contribution is 2.38. The van der Waals surface area contributed by atoms with Crippen LogP contribution in [-0.4, -0.2) is 30.4 Å². The maximum Gasteiger partial charge on any atom is 0.341 e. The lowest BCUT2D eigenvalue weighted by Crippen LogP contribution is -2.29. The van der Waals surface area contributed by atoms with Gasteiger partial charge in [0.25, 0.3) is 5.91 Å². The van der Waals surface area contributed by atoms with E-state index in [0.717, 1.165) is 47.3 Å². The SMILES string of the molecule is COC(=O)c1c(NC(=O)c2ccc3ccccc3c2)sc2c1CCN(Cc1ccccc1)C2.Cl. The summed E-state index contributed by atoms with van der Waals surface area (Å²) in [6.07, 6.45) is 0.745. The van der Waals surface area contributed by atoms with Gasteiger partial charge in [-0.15, -0.1) is 23.7 Å². The Balaban J connectivity index is 0.00000274. The van der Waals surface area contributed by atoms with Crippen LogP contribution in [0.25, 0.3) is 10.8 Å². The highest BCUT2D eigenvalue weighted by atomic mass is 35.5. The summed E-state index contributed by atoms with van der Waals surface area (Å²) >= 11 is 1.47. The second kappa shape index (κ2) is 10.4. The zero-order valence-electron chi connectivity index (χ0n) is 18.7. The van der Waals surface area contributed by atoms with Crippen LogP contribution in [0.2, 0.25) is 0 Å². The van der Waals surface area contributed by atoms with E-state index in [2.05, 4.69) is 22.3 Å². The zero-order chi connectivity index (χ0) is 22.8. The summed E-state index contributed by atoms with van der Waals surface area (Å²) in [5.74, 6) is -0.636. The van der Waals surface area contributed by atoms with Gasteiger partial charge in [-0.2, -0.15) is 0 Å². The van der Waals surface area contributed by atoms with E-state index in [1.54, 1.807) is 0 Å². The molecule has 0 atom stereocenters. The molecule has 34 heavy (non-hydrogen) atoms. The maximum absolute atomic E-state index is 13.1. The molecule has 7 heteroatoms. The number of esters is 1. The Bertz CT molecular complexity index is 1340. The fourth-order valence-electron chi connectivity index (χ4n) is 4.34. The van der Waals surface area contributed by atoms with Gasteiger partial charge in [-0.3, -0.25) is 9.69 Å². The molecule has 0 spiro atoms. The van der Waals surface area contributed by atoms with Crippen LogP contribution >= 0.6 is 23.7 Å². The predicted molar refractivity (Wildman–Crippen MR) is 139 cm³/mol. The molecule has 0 unspecified atom stereocenters. The van der Waals surface area contributed by atoms with E-state index in [1.807, 2.05) is 60.7 Å². The van der Waals surface area contributed by atoms with Crippen molar-refractivity contribution >= 4 is 51.4 Å². The van der Waals surface area contributed by atoms with Gasteiger partial charge in [0.05, 0.1) is 12.7 Å². The molecule has 1 N–H and O–H groups in total. The fourth-order valence-corrected chi connectivity index (χ4v) is 5.62. The van der Waals surface area contributed by atoms with Crippen LogP contribution in [0.15, 0.2) is 72.8 Å². The minimum Gasteiger partial charge on any atom is -0.465 e. The summed E-state index contributed by atoms with van der Waals surface area (Å²) in [5.41, 5.74) is 3.30. The molecule has 1 aromatic heterocycles. The minimum absolute atomic E-state index is 0. The van der Waals surface area contributed by atoms with Gasteiger partial charge in [-0.25, -0.2) is 4.79 Å². The molecule has 2 heterocycles. The van der Waals surface area contributed by atoms with Gasteiger partial charge < -0.3 is 10.1 Å². The quantitative estimate of drug-likeness (QED) is 0.351. The van der Waals surface area contributed by atoms with Crippen LogP contribution in [0.3, 0.4) is 0 Å². The van der Waals surface area contributed by atoms with Gasteiger partial charge in [0.2, 0.25) is 0 Å². The number of rotatable bonds is 5. The Kier molecular flexibility index (Phi) is 7.32. The number of fused-ring (bicyclic) bond motifs is 2. The largest absolute Gasteiger partial charge is 0.465 e. The number of nitrogens with zero attached hydrogens (tertiary/aromatic N) is 1. The van der Waals surface area contributed by atoms with Crippen molar-refractivity contribution in [1.82, 2.24) is 4.90 Å². The molecular weight excluding hydrogens is 468 g/mol. The number of ether oxygens (including phenoxy) is 1. The highest BCUT2D eigenvalue weighted by Gasteiger charge is 2.29. The molecular formula is C27H25ClN2O3S. The molecule has 3 aromatic carbocycles. The van der Waals surface area contributed by atoms with E-state index in [4.69, 9.17) is 4.74 Å². The lowest BCUT2D eigenvalue weighted by molar-refractivity contribution is 0.0600. The van der Waals surface area contributed by atoms with Gasteiger partial charge in [-0.1, -0.05) is 60.7 Å². The maximum atomic E-state index is 13.1. The van der Waals surface area contributed by atoms with Crippen molar-refractivity contribution in [3.63, 3.8) is 0 Å². The minimum atomic E-state index is -0.405. The molecule has 0 saturated carbocycles. The lowest BCUT2D eigenvalue weighted by atomic mass is 10.0. The van der Waals surface area contributed by atoms with Gasteiger partial charge >= 0.3 is 5.97 Å². The molecule has 5 rings (SSSR count). The molecule has 5 nitrogen and oxygen atoms in total. The number of halogens is 1. The first-order chi connectivity index (χ1) is 16.1. The van der Waals surface area contributed by atoms with Crippen LogP contribution in [-0.2, 0) is 24.2 Å². The average molecular weight is 493 g/mol. The number of carbonyl (C=O) groups is 2. The van der Waals surface area contributed by atoms with Crippen LogP contribution in [0.1, 0.15) is 36.7 Å². The molecule has 0 radical (unpaired) electrons. The molecule has 0 saturated heterocycles. The molecule has 1 aliphatic heterocycles. The van der Waals surface area contributed by atoms with Gasteiger partial charge in [0.1, 0.15) is 5.00 Å². The van der Waals surface area contributed by atoms with Crippen molar-refractivity contribution in [2.75, 3.05) is 19.0 Å². The predicted octanol–water partition coefficient (Wildman–Crippen LogP) is 5.92. The molecule has 1 amide bonds. The normalized spacial score (nSPS) is 13.1. The van der Waals surface area contributed by atoms with Crippen LogP contribution < -0.4 is 5.32 Å². The summed E-state index contributed by atoms with van der Waals surface area (Å²) < 4.78 is 5.07. The summed E-state index contributed by atoms with van der Waals surface area (Å²) in [6.45, 7) is 2.44. The number of thiophene rings is 1. The first kappa shape index (κ1) is 24.0. The van der Waals surface area contributed by atoms with E-state index in [9.17, 15) is 9.59 Å². The third-order valence-corrected chi connectivity index (χ3v) is 7.15. The molecule has 0 aliphatic carbocycles. The van der Waals surface area contributed by atoms with E-state index < -0.39 is 5.97 Å². The smallest absolute Gasteiger partial charge is 0.341 e. The third kappa shape index (κ3) is 4.85. The topological polar surface area (TPSA) is 58.6 Å². The van der Waals surface area contributed by atoms with E-state index >= 15 is 0 Å². The number of nitrogens with one attached hydrogen (secondary N) is 1. The summed E-state index contributed by atoms with van der Waals surface area (Å²) in [7, 11) is 1.38. The van der Waals surface area contributed by atoms with Crippen molar-refractivity contribution in [3.8, 4) is 0 Å². The van der Waals surface area contributed by atoms with Gasteiger partial charge in [-0.05, 0) is 40.5 Å². The van der Waals surface area contributed by atoms with Gasteiger partial charge in [0, 0.05) is 30.1 Å². The summed E-state index contributed by atoms with van der Waals surface area (Å²) in [6, 6.07) is 23.9. The lowest BCUT2D eigenvalue weighted by Gasteiger charge is -2.27. The van der Waals surface area contributed by atoms with E-state index in [1.165, 1.54) is 24.0 Å². The van der Waals surface area contributed by atoms with Crippen molar-refractivity contribution < 1.29 is 14.3 Å². The number of methoxy groups -OCH3 is 1. The van der Waals surface area contributed by atoms with Crippen molar-refractivity contribution in [1.29, 1.82) is 0 Å². The van der Waals surface area contributed by atoms with Gasteiger partial charge in [0.15, 0.2) is 0 Å².